The van der Waals surface area contributed by atoms with Crippen LogP contribution in [0, 0.1) is 0 Å². The van der Waals surface area contributed by atoms with E-state index in [9.17, 15) is 0 Å². The Morgan fingerprint density at radius 1 is 1.24 bits per heavy atom. The number of nitrogens with one attached hydrogen (secondary N) is 1. The second-order valence-electron chi connectivity index (χ2n) is 6.19. The third-order valence-corrected chi connectivity index (χ3v) is 4.74. The van der Waals surface area contributed by atoms with Crippen LogP contribution < -0.4 is 10.1 Å². The van der Waals surface area contributed by atoms with E-state index in [1.807, 2.05) is 0 Å². The summed E-state index contributed by atoms with van der Waals surface area (Å²) in [7, 11) is 2.05. The van der Waals surface area contributed by atoms with Crippen LogP contribution in [-0.4, -0.2) is 26.4 Å². The van der Waals surface area contributed by atoms with Crippen molar-refractivity contribution in [1.82, 2.24) is 5.32 Å². The molecule has 21 heavy (non-hydrogen) atoms. The highest BCUT2D eigenvalue weighted by Crippen LogP contribution is 2.35. The second-order valence-corrected chi connectivity index (χ2v) is 6.19. The third-order valence-electron chi connectivity index (χ3n) is 4.74. The molecule has 1 fully saturated rings. The predicted molar refractivity (Wildman–Crippen MR) is 84.9 cm³/mol. The second kappa shape index (κ2) is 7.28. The van der Waals surface area contributed by atoms with Crippen LogP contribution in [0.1, 0.15) is 55.7 Å². The van der Waals surface area contributed by atoms with Gasteiger partial charge in [-0.15, -0.1) is 0 Å². The van der Waals surface area contributed by atoms with E-state index >= 15 is 0 Å². The zero-order chi connectivity index (χ0) is 14.5. The van der Waals surface area contributed by atoms with E-state index in [1.165, 1.54) is 30.4 Å². The molecule has 1 N–H and O–H groups in total. The van der Waals surface area contributed by atoms with Crippen molar-refractivity contribution in [1.29, 1.82) is 0 Å². The first-order valence-corrected chi connectivity index (χ1v) is 8.42. The van der Waals surface area contributed by atoms with Crippen LogP contribution in [-0.2, 0) is 11.2 Å². The van der Waals surface area contributed by atoms with Crippen LogP contribution in [0.25, 0.3) is 0 Å². The van der Waals surface area contributed by atoms with Gasteiger partial charge in [-0.25, -0.2) is 0 Å². The van der Waals surface area contributed by atoms with Crippen molar-refractivity contribution in [3.8, 4) is 5.75 Å². The first-order valence-electron chi connectivity index (χ1n) is 8.42. The van der Waals surface area contributed by atoms with Gasteiger partial charge >= 0.3 is 0 Å². The molecule has 3 rings (SSSR count). The lowest BCUT2D eigenvalue weighted by Crippen LogP contribution is -2.24. The fourth-order valence-electron chi connectivity index (χ4n) is 3.53. The summed E-state index contributed by atoms with van der Waals surface area (Å²) >= 11 is 0. The maximum Gasteiger partial charge on any atom is 0.127 e. The summed E-state index contributed by atoms with van der Waals surface area (Å²) in [5, 5.41) is 3.47. The van der Waals surface area contributed by atoms with E-state index in [0.29, 0.717) is 12.1 Å². The van der Waals surface area contributed by atoms with Crippen molar-refractivity contribution in [3.63, 3.8) is 0 Å². The lowest BCUT2D eigenvalue weighted by molar-refractivity contribution is 0.00861. The molecule has 0 aromatic heterocycles. The van der Waals surface area contributed by atoms with Gasteiger partial charge in [-0.1, -0.05) is 18.2 Å². The van der Waals surface area contributed by atoms with Crippen molar-refractivity contribution in [2.24, 2.45) is 0 Å². The molecule has 0 saturated carbocycles. The summed E-state index contributed by atoms with van der Waals surface area (Å²) in [4.78, 5) is 0. The number of benzene rings is 1. The largest absolute Gasteiger partial charge is 0.493 e. The zero-order valence-electron chi connectivity index (χ0n) is 13.1. The predicted octanol–water partition coefficient (Wildman–Crippen LogP) is 3.62. The van der Waals surface area contributed by atoms with Crippen LogP contribution in [0.15, 0.2) is 18.2 Å². The molecule has 0 amide bonds. The fourth-order valence-corrected chi connectivity index (χ4v) is 3.53. The Morgan fingerprint density at radius 2 is 2.19 bits per heavy atom. The van der Waals surface area contributed by atoms with Gasteiger partial charge in [0.25, 0.3) is 0 Å². The molecule has 0 aliphatic carbocycles. The average molecular weight is 289 g/mol. The molecule has 0 radical (unpaired) electrons. The van der Waals surface area contributed by atoms with Gasteiger partial charge in [0.05, 0.1) is 12.7 Å². The average Bonchev–Trinajstić information content (AvgIpc) is 2.56. The number of hydrogen-bond donors (Lipinski definition) is 1. The number of aryl methyl sites for hydroxylation is 1. The fraction of sp³-hybridized carbons (Fsp3) is 0.667. The van der Waals surface area contributed by atoms with Crippen LogP contribution in [0.2, 0.25) is 0 Å². The molecule has 0 bridgehead atoms. The first-order chi connectivity index (χ1) is 10.4. The van der Waals surface area contributed by atoms with Crippen LogP contribution in [0.3, 0.4) is 0 Å². The van der Waals surface area contributed by atoms with Crippen LogP contribution in [0.5, 0.6) is 5.75 Å². The zero-order valence-corrected chi connectivity index (χ0v) is 13.1. The Morgan fingerprint density at radius 3 is 3.00 bits per heavy atom. The minimum absolute atomic E-state index is 0.364. The summed E-state index contributed by atoms with van der Waals surface area (Å²) in [6.45, 7) is 1.80. The van der Waals surface area contributed by atoms with Crippen molar-refractivity contribution < 1.29 is 9.47 Å². The minimum Gasteiger partial charge on any atom is -0.493 e. The normalized spacial score (nSPS) is 23.2. The van der Waals surface area contributed by atoms with Gasteiger partial charge < -0.3 is 14.8 Å². The number of fused-ring (bicyclic) bond motifs is 1. The molecular weight excluding hydrogens is 262 g/mol. The smallest absolute Gasteiger partial charge is 0.127 e. The number of rotatable bonds is 5. The van der Waals surface area contributed by atoms with E-state index in [0.717, 1.165) is 44.6 Å². The molecule has 3 nitrogen and oxygen atoms in total. The first kappa shape index (κ1) is 14.9. The molecule has 2 heterocycles. The Balaban J connectivity index is 1.68. The van der Waals surface area contributed by atoms with Gasteiger partial charge in [-0.2, -0.15) is 0 Å². The van der Waals surface area contributed by atoms with E-state index in [1.54, 1.807) is 0 Å². The standard InChI is InChI=1S/C18H27NO2/c1-19-17(11-10-15-8-2-3-12-20-15)16-9-4-6-14-7-5-13-21-18(14)16/h4,6,9,15,17,19H,2-3,5,7-8,10-13H2,1H3. The maximum absolute atomic E-state index is 5.96. The summed E-state index contributed by atoms with van der Waals surface area (Å²) in [6.07, 6.45) is 8.75. The molecule has 1 saturated heterocycles. The van der Waals surface area contributed by atoms with Gasteiger partial charge in [-0.05, 0) is 57.6 Å². The highest BCUT2D eigenvalue weighted by molar-refractivity contribution is 5.44. The Labute approximate surface area is 128 Å². The van der Waals surface area contributed by atoms with Gasteiger partial charge in [0.15, 0.2) is 0 Å². The van der Waals surface area contributed by atoms with Crippen molar-refractivity contribution in [2.75, 3.05) is 20.3 Å². The maximum atomic E-state index is 5.96. The van der Waals surface area contributed by atoms with E-state index < -0.39 is 0 Å². The topological polar surface area (TPSA) is 30.5 Å². The Hall–Kier alpha value is -1.06. The van der Waals surface area contributed by atoms with E-state index in [2.05, 4.69) is 30.6 Å². The van der Waals surface area contributed by atoms with Crippen molar-refractivity contribution >= 4 is 0 Å². The molecule has 1 aromatic rings. The van der Waals surface area contributed by atoms with Gasteiger partial charge in [0.2, 0.25) is 0 Å². The summed E-state index contributed by atoms with van der Waals surface area (Å²) in [5.74, 6) is 1.13. The van der Waals surface area contributed by atoms with Crippen molar-refractivity contribution in [2.45, 2.75) is 57.1 Å². The highest BCUT2D eigenvalue weighted by Gasteiger charge is 2.22. The summed E-state index contributed by atoms with van der Waals surface area (Å²) in [5.41, 5.74) is 2.69. The number of para-hydroxylation sites is 1. The SMILES string of the molecule is CNC(CCC1CCCCO1)c1cccc2c1OCCC2. The summed E-state index contributed by atoms with van der Waals surface area (Å²) in [6, 6.07) is 6.95. The molecule has 2 unspecified atom stereocenters. The number of ether oxygens (including phenoxy) is 2. The van der Waals surface area contributed by atoms with E-state index in [4.69, 9.17) is 9.47 Å². The molecule has 2 aliphatic rings. The number of hydrogen-bond acceptors (Lipinski definition) is 3. The van der Waals surface area contributed by atoms with Gasteiger partial charge in [0, 0.05) is 18.2 Å². The van der Waals surface area contributed by atoms with Crippen LogP contribution >= 0.6 is 0 Å². The molecule has 3 heteroatoms. The lowest BCUT2D eigenvalue weighted by Gasteiger charge is -2.27. The van der Waals surface area contributed by atoms with Crippen LogP contribution in [0.4, 0.5) is 0 Å². The highest BCUT2D eigenvalue weighted by atomic mass is 16.5. The lowest BCUT2D eigenvalue weighted by atomic mass is 9.93. The molecule has 2 atom stereocenters. The Kier molecular flexibility index (Phi) is 5.15. The van der Waals surface area contributed by atoms with Gasteiger partial charge in [-0.3, -0.25) is 0 Å². The van der Waals surface area contributed by atoms with Gasteiger partial charge in [0.1, 0.15) is 5.75 Å². The monoisotopic (exact) mass is 289 g/mol. The molecule has 1 aromatic carbocycles. The third kappa shape index (κ3) is 3.58. The quantitative estimate of drug-likeness (QED) is 0.898. The minimum atomic E-state index is 0.364. The van der Waals surface area contributed by atoms with Crippen molar-refractivity contribution in [3.05, 3.63) is 29.3 Å². The Bertz CT molecular complexity index is 455. The molecule has 116 valence electrons. The van der Waals surface area contributed by atoms with E-state index in [-0.39, 0.29) is 0 Å². The molecule has 0 spiro atoms. The molecule has 2 aliphatic heterocycles. The molecular formula is C18H27NO2. The summed E-state index contributed by atoms with van der Waals surface area (Å²) < 4.78 is 11.8.